The fraction of sp³-hybridized carbons (Fsp3) is 0.300. The second-order valence-corrected chi connectivity index (χ2v) is 7.41. The zero-order chi connectivity index (χ0) is 18.4. The lowest BCUT2D eigenvalue weighted by Gasteiger charge is -2.14. The first-order valence-corrected chi connectivity index (χ1v) is 9.68. The zero-order valence-electron chi connectivity index (χ0n) is 14.4. The van der Waals surface area contributed by atoms with Crippen LogP contribution in [0.5, 0.6) is 0 Å². The lowest BCUT2D eigenvalue weighted by atomic mass is 10.1. The van der Waals surface area contributed by atoms with Gasteiger partial charge in [-0.25, -0.2) is 0 Å². The van der Waals surface area contributed by atoms with E-state index in [0.29, 0.717) is 6.42 Å². The quantitative estimate of drug-likeness (QED) is 0.730. The second kappa shape index (κ2) is 8.87. The van der Waals surface area contributed by atoms with Crippen LogP contribution in [0.4, 0.5) is 5.69 Å². The molecule has 0 fully saturated rings. The molecule has 3 N–H and O–H groups in total. The van der Waals surface area contributed by atoms with Crippen LogP contribution in [0.25, 0.3) is 0 Å². The number of benzene rings is 2. The third-order valence-corrected chi connectivity index (χ3v) is 5.62. The molecule has 1 aliphatic rings. The van der Waals surface area contributed by atoms with Gasteiger partial charge in [-0.2, -0.15) is 0 Å². The summed E-state index contributed by atoms with van der Waals surface area (Å²) in [6.07, 6.45) is 0.773. The van der Waals surface area contributed by atoms with Crippen molar-refractivity contribution in [2.24, 2.45) is 0 Å². The first-order valence-electron chi connectivity index (χ1n) is 8.63. The van der Waals surface area contributed by atoms with Crippen molar-refractivity contribution in [3.8, 4) is 0 Å². The van der Waals surface area contributed by atoms with Gasteiger partial charge in [0.15, 0.2) is 0 Å². The van der Waals surface area contributed by atoms with Gasteiger partial charge in [0.2, 0.25) is 11.8 Å². The molecule has 0 spiro atoms. The van der Waals surface area contributed by atoms with Gasteiger partial charge < -0.3 is 15.7 Å². The number of aliphatic hydroxyl groups excluding tert-OH is 1. The lowest BCUT2D eigenvalue weighted by molar-refractivity contribution is -0.119. The highest BCUT2D eigenvalue weighted by molar-refractivity contribution is 8.01. The predicted octanol–water partition coefficient (Wildman–Crippen LogP) is 2.52. The maximum Gasteiger partial charge on any atom is 0.237 e. The van der Waals surface area contributed by atoms with Gasteiger partial charge in [0.25, 0.3) is 0 Å². The van der Waals surface area contributed by atoms with Gasteiger partial charge >= 0.3 is 0 Å². The van der Waals surface area contributed by atoms with Gasteiger partial charge in [-0.1, -0.05) is 48.5 Å². The van der Waals surface area contributed by atoms with E-state index in [0.717, 1.165) is 23.2 Å². The Morgan fingerprint density at radius 1 is 1.19 bits per heavy atom. The molecule has 3 rings (SSSR count). The molecule has 1 aliphatic heterocycles. The maximum absolute atomic E-state index is 12.3. The monoisotopic (exact) mass is 370 g/mol. The van der Waals surface area contributed by atoms with Crippen LogP contribution < -0.4 is 10.6 Å². The highest BCUT2D eigenvalue weighted by Crippen LogP contribution is 2.27. The van der Waals surface area contributed by atoms with Gasteiger partial charge in [0.1, 0.15) is 0 Å². The third kappa shape index (κ3) is 4.86. The van der Waals surface area contributed by atoms with Crippen molar-refractivity contribution in [2.45, 2.75) is 24.2 Å². The molecule has 0 aliphatic carbocycles. The number of thioether (sulfide) groups is 1. The zero-order valence-corrected chi connectivity index (χ0v) is 15.2. The highest BCUT2D eigenvalue weighted by Gasteiger charge is 2.24. The molecule has 6 heteroatoms. The van der Waals surface area contributed by atoms with Crippen molar-refractivity contribution in [3.05, 3.63) is 65.7 Å². The topological polar surface area (TPSA) is 78.4 Å². The second-order valence-electron chi connectivity index (χ2n) is 6.22. The molecule has 2 atom stereocenters. The van der Waals surface area contributed by atoms with E-state index >= 15 is 0 Å². The number of amides is 2. The summed E-state index contributed by atoms with van der Waals surface area (Å²) in [5.41, 5.74) is 2.75. The van der Waals surface area contributed by atoms with Gasteiger partial charge in [0, 0.05) is 12.2 Å². The Kier molecular flexibility index (Phi) is 6.30. The van der Waals surface area contributed by atoms with Crippen LogP contribution in [0.1, 0.15) is 23.7 Å². The van der Waals surface area contributed by atoms with Crippen molar-refractivity contribution < 1.29 is 14.7 Å². The van der Waals surface area contributed by atoms with E-state index in [1.54, 1.807) is 0 Å². The van der Waals surface area contributed by atoms with Crippen molar-refractivity contribution in [1.82, 2.24) is 5.32 Å². The van der Waals surface area contributed by atoms with Gasteiger partial charge in [-0.3, -0.25) is 9.59 Å². The summed E-state index contributed by atoms with van der Waals surface area (Å²) >= 11 is 1.34. The standard InChI is InChI=1S/C20H22N2O3S/c23-17(15-7-2-1-3-8-15)12-21-19(24)13-26-18-11-10-14-6-4-5-9-16(14)22-20(18)25/h1-9,17-18,23H,10-13H2,(H,21,24)(H,22,25)/t17-,18+/m0/s1. The summed E-state index contributed by atoms with van der Waals surface area (Å²) < 4.78 is 0. The smallest absolute Gasteiger partial charge is 0.237 e. The molecular weight excluding hydrogens is 348 g/mol. The van der Waals surface area contributed by atoms with Crippen LogP contribution >= 0.6 is 11.8 Å². The van der Waals surface area contributed by atoms with Crippen LogP contribution in [0, 0.1) is 0 Å². The third-order valence-electron chi connectivity index (χ3n) is 4.34. The van der Waals surface area contributed by atoms with E-state index in [9.17, 15) is 14.7 Å². The molecule has 26 heavy (non-hydrogen) atoms. The Hall–Kier alpha value is -2.31. The van der Waals surface area contributed by atoms with Crippen LogP contribution in [0.3, 0.4) is 0 Å². The number of hydrogen-bond donors (Lipinski definition) is 3. The van der Waals surface area contributed by atoms with Crippen LogP contribution in [-0.2, 0) is 16.0 Å². The van der Waals surface area contributed by atoms with E-state index in [-0.39, 0.29) is 29.4 Å². The summed E-state index contributed by atoms with van der Waals surface area (Å²) in [6, 6.07) is 17.0. The fourth-order valence-electron chi connectivity index (χ4n) is 2.88. The number of aryl methyl sites for hydroxylation is 1. The van der Waals surface area contributed by atoms with Crippen molar-refractivity contribution in [3.63, 3.8) is 0 Å². The fourth-order valence-corrected chi connectivity index (χ4v) is 3.83. The summed E-state index contributed by atoms with van der Waals surface area (Å²) in [5, 5.41) is 15.5. The number of hydrogen-bond acceptors (Lipinski definition) is 4. The van der Waals surface area contributed by atoms with Crippen molar-refractivity contribution in [1.29, 1.82) is 0 Å². The molecule has 0 radical (unpaired) electrons. The number of carbonyl (C=O) groups excluding carboxylic acids is 2. The number of aliphatic hydroxyl groups is 1. The maximum atomic E-state index is 12.3. The summed E-state index contributed by atoms with van der Waals surface area (Å²) in [5.74, 6) is -0.0488. The van der Waals surface area contributed by atoms with E-state index in [2.05, 4.69) is 10.6 Å². The number of fused-ring (bicyclic) bond motifs is 1. The normalized spacial score (nSPS) is 17.6. The van der Waals surface area contributed by atoms with Gasteiger partial charge in [-0.05, 0) is 30.0 Å². The molecular formula is C20H22N2O3S. The molecule has 136 valence electrons. The van der Waals surface area contributed by atoms with Crippen molar-refractivity contribution >= 4 is 29.3 Å². The number of anilines is 1. The van der Waals surface area contributed by atoms with Gasteiger partial charge in [0.05, 0.1) is 17.1 Å². The minimum Gasteiger partial charge on any atom is -0.387 e. The Morgan fingerprint density at radius 3 is 2.73 bits per heavy atom. The number of carbonyl (C=O) groups is 2. The average Bonchev–Trinajstić information content (AvgIpc) is 2.83. The molecule has 0 aromatic heterocycles. The molecule has 2 aromatic carbocycles. The summed E-state index contributed by atoms with van der Waals surface area (Å²) in [6.45, 7) is 0.158. The summed E-state index contributed by atoms with van der Waals surface area (Å²) in [4.78, 5) is 24.4. The molecule has 2 aromatic rings. The largest absolute Gasteiger partial charge is 0.387 e. The molecule has 2 amide bonds. The lowest BCUT2D eigenvalue weighted by Crippen LogP contribution is -2.32. The average molecular weight is 370 g/mol. The molecule has 0 saturated heterocycles. The van der Waals surface area contributed by atoms with E-state index in [1.807, 2.05) is 54.6 Å². The minimum atomic E-state index is -0.735. The first-order chi connectivity index (χ1) is 12.6. The predicted molar refractivity (Wildman–Crippen MR) is 104 cm³/mol. The van der Waals surface area contributed by atoms with Crippen molar-refractivity contribution in [2.75, 3.05) is 17.6 Å². The first kappa shape index (κ1) is 18.5. The Balaban J connectivity index is 1.45. The van der Waals surface area contributed by atoms with E-state index < -0.39 is 6.10 Å². The molecule has 1 heterocycles. The summed E-state index contributed by atoms with van der Waals surface area (Å²) in [7, 11) is 0. The molecule has 5 nitrogen and oxygen atoms in total. The van der Waals surface area contributed by atoms with Gasteiger partial charge in [-0.15, -0.1) is 11.8 Å². The van der Waals surface area contributed by atoms with Crippen LogP contribution in [0.15, 0.2) is 54.6 Å². The van der Waals surface area contributed by atoms with Crippen LogP contribution in [-0.4, -0.2) is 34.5 Å². The minimum absolute atomic E-state index is 0.0583. The Morgan fingerprint density at radius 2 is 1.92 bits per heavy atom. The number of para-hydroxylation sites is 1. The Labute approximate surface area is 157 Å². The van der Waals surface area contributed by atoms with E-state index in [1.165, 1.54) is 11.8 Å². The number of rotatable bonds is 6. The molecule has 0 bridgehead atoms. The molecule has 0 saturated carbocycles. The SMILES string of the molecule is O=C(CS[C@@H]1CCc2ccccc2NC1=O)NC[C@H](O)c1ccccc1. The van der Waals surface area contributed by atoms with Crippen LogP contribution in [0.2, 0.25) is 0 Å². The number of nitrogens with one attached hydrogen (secondary N) is 2. The van der Waals surface area contributed by atoms with E-state index in [4.69, 9.17) is 0 Å². The highest BCUT2D eigenvalue weighted by atomic mass is 32.2. The molecule has 0 unspecified atom stereocenters. The Bertz CT molecular complexity index is 767.